The summed E-state index contributed by atoms with van der Waals surface area (Å²) in [4.78, 5) is 25.0. The fraction of sp³-hybridized carbons (Fsp3) is 0.600. The Morgan fingerprint density at radius 1 is 1.25 bits per heavy atom. The van der Waals surface area contributed by atoms with Crippen LogP contribution >= 0.6 is 0 Å². The van der Waals surface area contributed by atoms with Gasteiger partial charge in [-0.3, -0.25) is 19.6 Å². The number of hydrogen-bond donors (Lipinski definition) is 2. The number of aromatic nitrogens is 1. The normalized spacial score (nSPS) is 27.1. The Bertz CT molecular complexity index is 1240. The predicted octanol–water partition coefficient (Wildman–Crippen LogP) is 2.32. The molecule has 1 aromatic carbocycles. The van der Waals surface area contributed by atoms with Gasteiger partial charge in [0.25, 0.3) is 0 Å². The molecule has 0 bridgehead atoms. The number of halogens is 2. The zero-order valence-corrected chi connectivity index (χ0v) is 23.9. The minimum absolute atomic E-state index is 0.00438. The molecule has 3 aliphatic rings. The van der Waals surface area contributed by atoms with E-state index in [9.17, 15) is 18.7 Å². The Kier molecular flexibility index (Phi) is 8.27. The molecule has 5 rings (SSSR count). The highest BCUT2D eigenvalue weighted by atomic mass is 19.1. The number of aliphatic hydroxyl groups excluding tert-OH is 1. The first-order chi connectivity index (χ1) is 19.0. The van der Waals surface area contributed by atoms with Crippen molar-refractivity contribution in [1.29, 1.82) is 0 Å². The largest absolute Gasteiger partial charge is 0.394 e. The molecule has 40 heavy (non-hydrogen) atoms. The van der Waals surface area contributed by atoms with Crippen molar-refractivity contribution in [3.63, 3.8) is 0 Å². The molecule has 0 unspecified atom stereocenters. The van der Waals surface area contributed by atoms with Crippen molar-refractivity contribution in [2.75, 3.05) is 64.0 Å². The summed E-state index contributed by atoms with van der Waals surface area (Å²) in [6, 6.07) is 5.87. The number of rotatable bonds is 7. The molecule has 1 amide bonds. The number of carbonyl (C=O) groups is 1. The summed E-state index contributed by atoms with van der Waals surface area (Å²) in [7, 11) is 0. The van der Waals surface area contributed by atoms with Crippen molar-refractivity contribution in [2.45, 2.75) is 57.2 Å². The molecule has 2 fully saturated rings. The van der Waals surface area contributed by atoms with Crippen LogP contribution < -0.4 is 10.2 Å². The molecular weight excluding hydrogens is 516 g/mol. The number of nitrogens with zero attached hydrogens (tertiary/aromatic N) is 4. The molecule has 2 saturated heterocycles. The van der Waals surface area contributed by atoms with E-state index in [0.29, 0.717) is 25.3 Å². The summed E-state index contributed by atoms with van der Waals surface area (Å²) in [5, 5.41) is 13.6. The van der Waals surface area contributed by atoms with Crippen molar-refractivity contribution < 1.29 is 23.4 Å². The minimum Gasteiger partial charge on any atom is -0.394 e. The SMILES string of the molecule is C[C@@H]1CN(CC(=O)N2CC(C)(C)c3ncc(Cc4ccc(F)cc4F)cc32)[C@@H](CN2CCOC[C@]2(C)CO)CN1. The van der Waals surface area contributed by atoms with E-state index in [0.717, 1.165) is 49.2 Å². The average Bonchev–Trinajstić information content (AvgIpc) is 3.18. The quantitative estimate of drug-likeness (QED) is 0.541. The van der Waals surface area contributed by atoms with Gasteiger partial charge in [-0.05, 0) is 37.1 Å². The van der Waals surface area contributed by atoms with Crippen molar-refractivity contribution in [3.05, 3.63) is 58.9 Å². The number of morpholine rings is 1. The van der Waals surface area contributed by atoms with Gasteiger partial charge >= 0.3 is 0 Å². The molecule has 10 heteroatoms. The maximum Gasteiger partial charge on any atom is 0.241 e. The molecule has 218 valence electrons. The number of aliphatic hydroxyl groups is 1. The topological polar surface area (TPSA) is 81.2 Å². The number of fused-ring (bicyclic) bond motifs is 1. The van der Waals surface area contributed by atoms with Crippen molar-refractivity contribution in [3.8, 4) is 0 Å². The summed E-state index contributed by atoms with van der Waals surface area (Å²) in [6.45, 7) is 13.2. The average molecular weight is 558 g/mol. The number of carbonyl (C=O) groups excluding carboxylic acids is 1. The van der Waals surface area contributed by atoms with E-state index in [1.165, 1.54) is 12.1 Å². The number of anilines is 1. The molecule has 0 aliphatic carbocycles. The van der Waals surface area contributed by atoms with E-state index in [1.807, 2.05) is 17.9 Å². The second-order valence-corrected chi connectivity index (χ2v) is 12.5. The molecule has 4 heterocycles. The summed E-state index contributed by atoms with van der Waals surface area (Å²) in [5.41, 5.74) is 1.99. The standard InChI is InChI=1S/C30H41F2N5O3/c1-20-14-35(24(13-33-20)15-36-7-8-40-19-30(36,4)18-38)16-27(39)37-17-29(2,3)28-26(37)10-21(12-34-28)9-22-5-6-23(31)11-25(22)32/h5-6,10-12,20,24,33,38H,7-9,13-19H2,1-4H3/t20-,24-,30+/m1/s1. The van der Waals surface area contributed by atoms with E-state index in [4.69, 9.17) is 9.72 Å². The van der Waals surface area contributed by atoms with Gasteiger partial charge in [0, 0.05) is 68.9 Å². The first-order valence-corrected chi connectivity index (χ1v) is 14.1. The summed E-state index contributed by atoms with van der Waals surface area (Å²) in [5.74, 6) is -1.20. The van der Waals surface area contributed by atoms with Crippen LogP contribution in [0.4, 0.5) is 14.5 Å². The Hall–Kier alpha value is -2.50. The molecule has 0 spiro atoms. The van der Waals surface area contributed by atoms with Crippen molar-refractivity contribution in [2.24, 2.45) is 0 Å². The second kappa shape index (κ2) is 11.4. The van der Waals surface area contributed by atoms with Gasteiger partial charge in [0.1, 0.15) is 11.6 Å². The van der Waals surface area contributed by atoms with Gasteiger partial charge in [0.15, 0.2) is 0 Å². The molecule has 0 radical (unpaired) electrons. The zero-order valence-electron chi connectivity index (χ0n) is 23.9. The zero-order chi connectivity index (χ0) is 28.7. The summed E-state index contributed by atoms with van der Waals surface area (Å²) < 4.78 is 33.4. The van der Waals surface area contributed by atoms with Crippen molar-refractivity contribution in [1.82, 2.24) is 20.1 Å². The van der Waals surface area contributed by atoms with Crippen LogP contribution in [-0.4, -0.2) is 103 Å². The maximum atomic E-state index is 14.3. The molecule has 8 nitrogen and oxygen atoms in total. The number of piperazine rings is 1. The molecule has 3 aliphatic heterocycles. The van der Waals surface area contributed by atoms with Crippen LogP contribution in [0, 0.1) is 11.6 Å². The van der Waals surface area contributed by atoms with Crippen LogP contribution in [0.15, 0.2) is 30.5 Å². The van der Waals surface area contributed by atoms with Crippen LogP contribution in [0.1, 0.15) is 44.5 Å². The highest BCUT2D eigenvalue weighted by molar-refractivity contribution is 5.97. The summed E-state index contributed by atoms with van der Waals surface area (Å²) in [6.07, 6.45) is 1.99. The minimum atomic E-state index is -0.609. The van der Waals surface area contributed by atoms with Gasteiger partial charge in [-0.15, -0.1) is 0 Å². The van der Waals surface area contributed by atoms with E-state index < -0.39 is 17.2 Å². The van der Waals surface area contributed by atoms with Gasteiger partial charge in [0.2, 0.25) is 5.91 Å². The molecule has 2 aromatic rings. The lowest BCUT2D eigenvalue weighted by molar-refractivity contribution is -0.122. The summed E-state index contributed by atoms with van der Waals surface area (Å²) >= 11 is 0. The first kappa shape index (κ1) is 29.0. The molecule has 2 N–H and O–H groups in total. The van der Waals surface area contributed by atoms with E-state index in [-0.39, 0.29) is 43.0 Å². The second-order valence-electron chi connectivity index (χ2n) is 12.5. The fourth-order valence-electron chi connectivity index (χ4n) is 6.19. The first-order valence-electron chi connectivity index (χ1n) is 14.1. The lowest BCUT2D eigenvalue weighted by Gasteiger charge is -2.48. The van der Waals surface area contributed by atoms with E-state index >= 15 is 0 Å². The van der Waals surface area contributed by atoms with Crippen LogP contribution in [0.3, 0.4) is 0 Å². The fourth-order valence-corrected chi connectivity index (χ4v) is 6.19. The van der Waals surface area contributed by atoms with Gasteiger partial charge in [-0.25, -0.2) is 8.78 Å². The Morgan fingerprint density at radius 3 is 2.80 bits per heavy atom. The molecule has 3 atom stereocenters. The molecular formula is C30H41F2N5O3. The van der Waals surface area contributed by atoms with Crippen molar-refractivity contribution >= 4 is 11.6 Å². The number of hydrogen-bond acceptors (Lipinski definition) is 7. The smallest absolute Gasteiger partial charge is 0.241 e. The predicted molar refractivity (Wildman–Crippen MR) is 149 cm³/mol. The van der Waals surface area contributed by atoms with Gasteiger partial charge in [-0.2, -0.15) is 0 Å². The number of amides is 1. The Morgan fingerprint density at radius 2 is 2.05 bits per heavy atom. The number of ether oxygens (including phenoxy) is 1. The van der Waals surface area contributed by atoms with Crippen LogP contribution in [-0.2, 0) is 21.4 Å². The third-order valence-electron chi connectivity index (χ3n) is 8.64. The number of benzene rings is 1. The number of nitrogens with one attached hydrogen (secondary N) is 1. The van der Waals surface area contributed by atoms with E-state index in [2.05, 4.69) is 35.9 Å². The highest BCUT2D eigenvalue weighted by Crippen LogP contribution is 2.40. The van der Waals surface area contributed by atoms with Crippen LogP contribution in [0.2, 0.25) is 0 Å². The van der Waals surface area contributed by atoms with E-state index in [1.54, 1.807) is 6.20 Å². The van der Waals surface area contributed by atoms with Crippen LogP contribution in [0.25, 0.3) is 0 Å². The van der Waals surface area contributed by atoms with Crippen LogP contribution in [0.5, 0.6) is 0 Å². The van der Waals surface area contributed by atoms with Gasteiger partial charge in [-0.1, -0.05) is 19.9 Å². The Balaban J connectivity index is 1.35. The lowest BCUT2D eigenvalue weighted by atomic mass is 9.91. The van der Waals surface area contributed by atoms with Gasteiger partial charge in [0.05, 0.1) is 43.3 Å². The highest BCUT2D eigenvalue weighted by Gasteiger charge is 2.42. The Labute approximate surface area is 235 Å². The number of pyridine rings is 1. The molecule has 0 saturated carbocycles. The monoisotopic (exact) mass is 557 g/mol. The molecule has 1 aromatic heterocycles. The third-order valence-corrected chi connectivity index (χ3v) is 8.64. The maximum absolute atomic E-state index is 14.3. The van der Waals surface area contributed by atoms with Gasteiger partial charge < -0.3 is 20.1 Å². The lowest BCUT2D eigenvalue weighted by Crippen LogP contribution is -2.65. The third kappa shape index (κ3) is 5.92.